The molecule has 0 spiro atoms. The number of benzene rings is 1. The first kappa shape index (κ1) is 14.4. The van der Waals surface area contributed by atoms with E-state index in [9.17, 15) is 19.3 Å². The fourth-order valence-electron chi connectivity index (χ4n) is 1.66. The molecule has 0 aliphatic carbocycles. The first-order chi connectivity index (χ1) is 9.88. The molecular weight excluding hydrogens is 281 g/mol. The van der Waals surface area contributed by atoms with E-state index in [4.69, 9.17) is 5.11 Å². The lowest BCUT2D eigenvalue weighted by Crippen LogP contribution is -2.04. The second kappa shape index (κ2) is 5.53. The zero-order valence-corrected chi connectivity index (χ0v) is 10.8. The Morgan fingerprint density at radius 3 is 2.71 bits per heavy atom. The Kier molecular flexibility index (Phi) is 3.79. The van der Waals surface area contributed by atoms with E-state index in [1.807, 2.05) is 0 Å². The summed E-state index contributed by atoms with van der Waals surface area (Å²) < 4.78 is 13.2. The average Bonchev–Trinajstić information content (AvgIpc) is 2.43. The fourth-order valence-corrected chi connectivity index (χ4v) is 1.66. The minimum absolute atomic E-state index is 0.115. The van der Waals surface area contributed by atoms with Gasteiger partial charge < -0.3 is 10.4 Å². The first-order valence-corrected chi connectivity index (χ1v) is 5.79. The quantitative estimate of drug-likeness (QED) is 0.662. The average molecular weight is 291 g/mol. The van der Waals surface area contributed by atoms with Gasteiger partial charge in [-0.25, -0.2) is 14.2 Å². The van der Waals surface area contributed by atoms with Crippen LogP contribution in [0.15, 0.2) is 30.5 Å². The monoisotopic (exact) mass is 291 g/mol. The van der Waals surface area contributed by atoms with Crippen LogP contribution in [0.5, 0.6) is 0 Å². The normalized spacial score (nSPS) is 10.2. The Morgan fingerprint density at radius 2 is 2.14 bits per heavy atom. The van der Waals surface area contributed by atoms with E-state index in [0.717, 1.165) is 12.3 Å². The molecule has 0 saturated carbocycles. The number of aromatic carboxylic acids is 1. The molecule has 108 valence electrons. The molecule has 21 heavy (non-hydrogen) atoms. The number of aromatic nitrogens is 1. The molecule has 7 nitrogen and oxygen atoms in total. The number of anilines is 2. The number of carboxylic acids is 1. The van der Waals surface area contributed by atoms with Crippen molar-refractivity contribution in [2.45, 2.75) is 6.92 Å². The third-order valence-corrected chi connectivity index (χ3v) is 2.73. The van der Waals surface area contributed by atoms with E-state index in [-0.39, 0.29) is 11.4 Å². The molecule has 1 aromatic heterocycles. The van der Waals surface area contributed by atoms with E-state index in [0.29, 0.717) is 11.3 Å². The number of halogens is 1. The van der Waals surface area contributed by atoms with Crippen molar-refractivity contribution >= 4 is 23.2 Å². The molecule has 0 bridgehead atoms. The SMILES string of the molecule is Cc1cc(Nc2ncc(C(=O)O)cc2[N+](=O)[O-])ccc1F. The Hall–Kier alpha value is -3.03. The third kappa shape index (κ3) is 3.11. The summed E-state index contributed by atoms with van der Waals surface area (Å²) in [6, 6.07) is 4.99. The van der Waals surface area contributed by atoms with Gasteiger partial charge in [0.15, 0.2) is 0 Å². The predicted molar refractivity (Wildman–Crippen MR) is 72.3 cm³/mol. The fraction of sp³-hybridized carbons (Fsp3) is 0.0769. The van der Waals surface area contributed by atoms with Crippen molar-refractivity contribution in [2.24, 2.45) is 0 Å². The summed E-state index contributed by atoms with van der Waals surface area (Å²) in [6.07, 6.45) is 1.01. The van der Waals surface area contributed by atoms with Crippen molar-refractivity contribution in [3.05, 3.63) is 57.5 Å². The van der Waals surface area contributed by atoms with Gasteiger partial charge in [-0.15, -0.1) is 0 Å². The lowest BCUT2D eigenvalue weighted by atomic mass is 10.2. The van der Waals surface area contributed by atoms with Crippen LogP contribution in [0.1, 0.15) is 15.9 Å². The Labute approximate surface area is 118 Å². The standard InChI is InChI=1S/C13H10FN3O4/c1-7-4-9(2-3-10(7)14)16-12-11(17(20)21)5-8(6-15-12)13(18)19/h2-6H,1H3,(H,15,16)(H,18,19). The van der Waals surface area contributed by atoms with E-state index < -0.39 is 22.4 Å². The number of nitrogens with one attached hydrogen (secondary N) is 1. The molecule has 0 saturated heterocycles. The summed E-state index contributed by atoms with van der Waals surface area (Å²) in [6.45, 7) is 1.55. The smallest absolute Gasteiger partial charge is 0.337 e. The third-order valence-electron chi connectivity index (χ3n) is 2.73. The van der Waals surface area contributed by atoms with Crippen molar-refractivity contribution in [1.29, 1.82) is 0 Å². The van der Waals surface area contributed by atoms with Crippen LogP contribution in [0.2, 0.25) is 0 Å². The van der Waals surface area contributed by atoms with Crippen LogP contribution in [0, 0.1) is 22.9 Å². The molecule has 0 aliphatic rings. The minimum atomic E-state index is -1.31. The maximum atomic E-state index is 13.2. The number of nitrogens with zero attached hydrogens (tertiary/aromatic N) is 2. The summed E-state index contributed by atoms with van der Waals surface area (Å²) in [4.78, 5) is 24.8. The Balaban J connectivity index is 2.41. The molecule has 2 N–H and O–H groups in total. The highest BCUT2D eigenvalue weighted by Gasteiger charge is 2.19. The first-order valence-electron chi connectivity index (χ1n) is 5.79. The summed E-state index contributed by atoms with van der Waals surface area (Å²) >= 11 is 0. The van der Waals surface area contributed by atoms with Crippen molar-refractivity contribution in [1.82, 2.24) is 4.98 Å². The molecule has 0 atom stereocenters. The molecule has 2 rings (SSSR count). The van der Waals surface area contributed by atoms with Crippen LogP contribution < -0.4 is 5.32 Å². The molecule has 0 radical (unpaired) electrons. The van der Waals surface area contributed by atoms with Gasteiger partial charge in [-0.1, -0.05) is 0 Å². The van der Waals surface area contributed by atoms with Crippen LogP contribution >= 0.6 is 0 Å². The van der Waals surface area contributed by atoms with E-state index >= 15 is 0 Å². The minimum Gasteiger partial charge on any atom is -0.478 e. The second-order valence-corrected chi connectivity index (χ2v) is 4.24. The molecular formula is C13H10FN3O4. The zero-order chi connectivity index (χ0) is 15.6. The predicted octanol–water partition coefficient (Wildman–Crippen LogP) is 2.88. The number of pyridine rings is 1. The Morgan fingerprint density at radius 1 is 1.43 bits per heavy atom. The van der Waals surface area contributed by atoms with Crippen molar-refractivity contribution in [3.8, 4) is 0 Å². The van der Waals surface area contributed by atoms with Gasteiger partial charge in [-0.05, 0) is 30.7 Å². The van der Waals surface area contributed by atoms with Gasteiger partial charge in [-0.3, -0.25) is 10.1 Å². The van der Waals surface area contributed by atoms with Crippen LogP contribution in [-0.4, -0.2) is 21.0 Å². The Bertz CT molecular complexity index is 733. The highest BCUT2D eigenvalue weighted by atomic mass is 19.1. The van der Waals surface area contributed by atoms with E-state index in [1.165, 1.54) is 18.2 Å². The molecule has 0 amide bonds. The van der Waals surface area contributed by atoms with Crippen molar-refractivity contribution in [3.63, 3.8) is 0 Å². The molecule has 0 unspecified atom stereocenters. The lowest BCUT2D eigenvalue weighted by molar-refractivity contribution is -0.384. The second-order valence-electron chi connectivity index (χ2n) is 4.24. The van der Waals surface area contributed by atoms with Gasteiger partial charge in [0.05, 0.1) is 10.5 Å². The van der Waals surface area contributed by atoms with Gasteiger partial charge in [-0.2, -0.15) is 0 Å². The molecule has 0 aliphatic heterocycles. The summed E-state index contributed by atoms with van der Waals surface area (Å²) in [5, 5.41) is 22.5. The summed E-state index contributed by atoms with van der Waals surface area (Å²) in [5.41, 5.74) is 0.0109. The van der Waals surface area contributed by atoms with Gasteiger partial charge in [0.25, 0.3) is 0 Å². The topological polar surface area (TPSA) is 105 Å². The number of nitro groups is 1. The van der Waals surface area contributed by atoms with E-state index in [2.05, 4.69) is 10.3 Å². The van der Waals surface area contributed by atoms with Crippen LogP contribution in [-0.2, 0) is 0 Å². The maximum absolute atomic E-state index is 13.2. The van der Waals surface area contributed by atoms with Gasteiger partial charge >= 0.3 is 11.7 Å². The molecule has 1 heterocycles. The zero-order valence-electron chi connectivity index (χ0n) is 10.8. The van der Waals surface area contributed by atoms with Gasteiger partial charge in [0.1, 0.15) is 5.82 Å². The number of hydrogen-bond donors (Lipinski definition) is 2. The molecule has 0 fully saturated rings. The van der Waals surface area contributed by atoms with Gasteiger partial charge in [0.2, 0.25) is 5.82 Å². The van der Waals surface area contributed by atoms with Crippen LogP contribution in [0.4, 0.5) is 21.6 Å². The highest BCUT2D eigenvalue weighted by molar-refractivity contribution is 5.89. The van der Waals surface area contributed by atoms with Crippen molar-refractivity contribution in [2.75, 3.05) is 5.32 Å². The summed E-state index contributed by atoms with van der Waals surface area (Å²) in [5.74, 6) is -1.82. The molecule has 2 aromatic rings. The highest BCUT2D eigenvalue weighted by Crippen LogP contribution is 2.27. The van der Waals surface area contributed by atoms with Crippen molar-refractivity contribution < 1.29 is 19.2 Å². The number of hydrogen-bond acceptors (Lipinski definition) is 5. The molecule has 1 aromatic carbocycles. The number of carboxylic acid groups (broad SMARTS) is 1. The number of aryl methyl sites for hydroxylation is 1. The van der Waals surface area contributed by atoms with Gasteiger partial charge in [0, 0.05) is 18.0 Å². The lowest BCUT2D eigenvalue weighted by Gasteiger charge is -2.08. The number of rotatable bonds is 4. The largest absolute Gasteiger partial charge is 0.478 e. The van der Waals surface area contributed by atoms with E-state index in [1.54, 1.807) is 6.92 Å². The number of carbonyl (C=O) groups is 1. The summed E-state index contributed by atoms with van der Waals surface area (Å²) in [7, 11) is 0. The van der Waals surface area contributed by atoms with Crippen LogP contribution in [0.25, 0.3) is 0 Å². The molecule has 8 heteroatoms. The maximum Gasteiger partial charge on any atom is 0.337 e. The van der Waals surface area contributed by atoms with Crippen LogP contribution in [0.3, 0.4) is 0 Å².